The number of aromatic nitrogens is 2. The molecule has 0 bridgehead atoms. The number of halogens is 2. The molecule has 0 aliphatic rings. The molecule has 3 rings (SSSR count). The summed E-state index contributed by atoms with van der Waals surface area (Å²) in [5, 5.41) is 4.23. The van der Waals surface area contributed by atoms with E-state index < -0.39 is 0 Å². The monoisotopic (exact) mass is 445 g/mol. The van der Waals surface area contributed by atoms with E-state index in [1.165, 1.54) is 0 Å². The lowest BCUT2D eigenvalue weighted by Crippen LogP contribution is -2.32. The zero-order valence-corrected chi connectivity index (χ0v) is 18.7. The summed E-state index contributed by atoms with van der Waals surface area (Å²) in [6, 6.07) is 11.5. The van der Waals surface area contributed by atoms with Crippen LogP contribution in [0.25, 0.3) is 11.1 Å². The largest absolute Gasteiger partial charge is 0.491 e. The molecular weight excluding hydrogens is 421 g/mol. The van der Waals surface area contributed by atoms with Crippen LogP contribution in [0.1, 0.15) is 23.7 Å². The van der Waals surface area contributed by atoms with Gasteiger partial charge in [0.2, 0.25) is 5.95 Å². The molecule has 1 atom stereocenters. The number of benzene rings is 2. The van der Waals surface area contributed by atoms with E-state index in [0.717, 1.165) is 16.9 Å². The Kier molecular flexibility index (Phi) is 7.02. The Hall–Kier alpha value is -2.54. The predicted octanol–water partition coefficient (Wildman–Crippen LogP) is 4.79. The van der Waals surface area contributed by atoms with Gasteiger partial charge in [0, 0.05) is 23.7 Å². The molecule has 0 spiro atoms. The van der Waals surface area contributed by atoms with Crippen LogP contribution >= 0.6 is 23.2 Å². The van der Waals surface area contributed by atoms with Gasteiger partial charge >= 0.3 is 0 Å². The van der Waals surface area contributed by atoms with Gasteiger partial charge in [-0.1, -0.05) is 53.5 Å². The molecule has 3 aromatic rings. The number of nitrogen functional groups attached to an aromatic ring is 2. The second-order valence-electron chi connectivity index (χ2n) is 7.20. The van der Waals surface area contributed by atoms with E-state index >= 15 is 0 Å². The maximum atomic E-state index is 6.41. The zero-order chi connectivity index (χ0) is 21.8. The van der Waals surface area contributed by atoms with Crippen LogP contribution in [-0.2, 0) is 6.54 Å². The van der Waals surface area contributed by atoms with Crippen molar-refractivity contribution in [3.8, 4) is 16.9 Å². The maximum absolute atomic E-state index is 6.41. The van der Waals surface area contributed by atoms with Crippen LogP contribution in [0.5, 0.6) is 5.75 Å². The number of hydrogen-bond acceptors (Lipinski definition) is 6. The Morgan fingerprint density at radius 1 is 1.03 bits per heavy atom. The minimum atomic E-state index is 0.0455. The fourth-order valence-electron chi connectivity index (χ4n) is 3.23. The van der Waals surface area contributed by atoms with E-state index in [-0.39, 0.29) is 17.8 Å². The van der Waals surface area contributed by atoms with Gasteiger partial charge < -0.3 is 21.5 Å². The van der Waals surface area contributed by atoms with Crippen molar-refractivity contribution in [3.63, 3.8) is 0 Å². The van der Waals surface area contributed by atoms with Gasteiger partial charge in [0.15, 0.2) is 0 Å². The van der Waals surface area contributed by atoms with Crippen molar-refractivity contribution >= 4 is 35.0 Å². The van der Waals surface area contributed by atoms with Crippen LogP contribution in [0.2, 0.25) is 10.0 Å². The lowest BCUT2D eigenvalue weighted by molar-refractivity contribution is 0.269. The Morgan fingerprint density at radius 3 is 2.40 bits per heavy atom. The number of hydrogen-bond donors (Lipinski definition) is 3. The van der Waals surface area contributed by atoms with E-state index in [2.05, 4.69) is 15.3 Å². The van der Waals surface area contributed by atoms with Crippen LogP contribution in [0, 0.1) is 13.8 Å². The van der Waals surface area contributed by atoms with Crippen LogP contribution < -0.4 is 21.5 Å². The molecule has 0 fully saturated rings. The molecule has 30 heavy (non-hydrogen) atoms. The summed E-state index contributed by atoms with van der Waals surface area (Å²) < 4.78 is 6.03. The van der Waals surface area contributed by atoms with Crippen LogP contribution in [0.4, 0.5) is 11.8 Å². The van der Waals surface area contributed by atoms with Gasteiger partial charge in [-0.2, -0.15) is 4.98 Å². The molecule has 0 radical (unpaired) electrons. The van der Waals surface area contributed by atoms with E-state index in [9.17, 15) is 0 Å². The molecule has 0 aliphatic heterocycles. The first-order valence-corrected chi connectivity index (χ1v) is 10.3. The van der Waals surface area contributed by atoms with E-state index in [4.69, 9.17) is 39.4 Å². The number of ether oxygens (including phenoxy) is 1. The van der Waals surface area contributed by atoms with Crippen molar-refractivity contribution in [1.82, 2.24) is 15.3 Å². The number of anilines is 2. The maximum Gasteiger partial charge on any atom is 0.222 e. The molecular formula is C22H25Cl2N5O. The number of para-hydroxylation sites is 1. The summed E-state index contributed by atoms with van der Waals surface area (Å²) in [5.74, 6) is 1.27. The normalized spacial score (nSPS) is 12.0. The molecule has 0 aliphatic carbocycles. The average Bonchev–Trinajstić information content (AvgIpc) is 2.68. The zero-order valence-electron chi connectivity index (χ0n) is 17.2. The SMILES string of the molecule is Cc1cccc(C)c1OCC(C)NCc1nc(N)nc(N)c1-c1cccc(Cl)c1Cl. The van der Waals surface area contributed by atoms with Gasteiger partial charge in [0.05, 0.1) is 15.7 Å². The van der Waals surface area contributed by atoms with Crippen molar-refractivity contribution in [3.05, 3.63) is 63.3 Å². The fraction of sp³-hybridized carbons (Fsp3) is 0.273. The standard InChI is InChI=1S/C22H25Cl2N5O/c1-12-6-4-7-13(2)20(12)30-11-14(3)27-10-17-18(21(25)29-22(26)28-17)15-8-5-9-16(23)19(15)24/h4-9,14,27H,10-11H2,1-3H3,(H4,25,26,28,29). The molecule has 0 saturated heterocycles. The number of nitrogens with one attached hydrogen (secondary N) is 1. The van der Waals surface area contributed by atoms with E-state index in [0.29, 0.717) is 40.0 Å². The molecule has 1 aromatic heterocycles. The predicted molar refractivity (Wildman–Crippen MR) is 124 cm³/mol. The Labute approximate surface area is 186 Å². The van der Waals surface area contributed by atoms with Crippen LogP contribution in [0.15, 0.2) is 36.4 Å². The summed E-state index contributed by atoms with van der Waals surface area (Å²) in [5.41, 5.74) is 16.1. The quantitative estimate of drug-likeness (QED) is 0.483. The lowest BCUT2D eigenvalue weighted by Gasteiger charge is -2.19. The third kappa shape index (κ3) is 4.95. The Morgan fingerprint density at radius 2 is 1.70 bits per heavy atom. The minimum absolute atomic E-state index is 0.0455. The highest BCUT2D eigenvalue weighted by Crippen LogP contribution is 2.37. The molecule has 8 heteroatoms. The highest BCUT2D eigenvalue weighted by Gasteiger charge is 2.18. The van der Waals surface area contributed by atoms with Gasteiger partial charge in [0.1, 0.15) is 18.2 Å². The van der Waals surface area contributed by atoms with Gasteiger partial charge in [-0.05, 0) is 38.0 Å². The molecule has 158 valence electrons. The molecule has 0 saturated carbocycles. The topological polar surface area (TPSA) is 99.1 Å². The third-order valence-corrected chi connectivity index (χ3v) is 5.57. The first kappa shape index (κ1) is 22.2. The number of nitrogens with zero attached hydrogens (tertiary/aromatic N) is 2. The van der Waals surface area contributed by atoms with E-state index in [1.54, 1.807) is 12.1 Å². The highest BCUT2D eigenvalue weighted by atomic mass is 35.5. The van der Waals surface area contributed by atoms with Gasteiger partial charge in [-0.25, -0.2) is 4.98 Å². The highest BCUT2D eigenvalue weighted by molar-refractivity contribution is 6.43. The summed E-state index contributed by atoms with van der Waals surface area (Å²) in [7, 11) is 0. The molecule has 1 unspecified atom stereocenters. The van der Waals surface area contributed by atoms with Gasteiger partial charge in [0.25, 0.3) is 0 Å². The lowest BCUT2D eigenvalue weighted by atomic mass is 10.0. The molecule has 1 heterocycles. The van der Waals surface area contributed by atoms with E-state index in [1.807, 2.05) is 45.0 Å². The number of aryl methyl sites for hydroxylation is 2. The summed E-state index contributed by atoms with van der Waals surface area (Å²) >= 11 is 12.6. The average molecular weight is 446 g/mol. The van der Waals surface area contributed by atoms with Crippen molar-refractivity contribution in [1.29, 1.82) is 0 Å². The molecule has 6 nitrogen and oxygen atoms in total. The fourth-order valence-corrected chi connectivity index (χ4v) is 3.62. The van der Waals surface area contributed by atoms with Gasteiger partial charge in [-0.15, -0.1) is 0 Å². The van der Waals surface area contributed by atoms with Crippen LogP contribution in [0.3, 0.4) is 0 Å². The Balaban J connectivity index is 1.77. The third-order valence-electron chi connectivity index (χ3n) is 4.75. The summed E-state index contributed by atoms with van der Waals surface area (Å²) in [6.45, 7) is 7.01. The second-order valence-corrected chi connectivity index (χ2v) is 7.99. The van der Waals surface area contributed by atoms with Gasteiger partial charge in [-0.3, -0.25) is 0 Å². The smallest absolute Gasteiger partial charge is 0.222 e. The minimum Gasteiger partial charge on any atom is -0.491 e. The number of nitrogens with two attached hydrogens (primary N) is 2. The Bertz CT molecular complexity index is 1040. The molecule has 0 amide bonds. The van der Waals surface area contributed by atoms with Crippen molar-refractivity contribution in [2.45, 2.75) is 33.4 Å². The summed E-state index contributed by atoms with van der Waals surface area (Å²) in [6.07, 6.45) is 0. The van der Waals surface area contributed by atoms with Crippen LogP contribution in [-0.4, -0.2) is 22.6 Å². The number of rotatable bonds is 7. The summed E-state index contributed by atoms with van der Waals surface area (Å²) in [4.78, 5) is 8.48. The molecule has 5 N–H and O–H groups in total. The molecule has 2 aromatic carbocycles. The first-order valence-electron chi connectivity index (χ1n) is 9.56. The van der Waals surface area contributed by atoms with Crippen molar-refractivity contribution in [2.24, 2.45) is 0 Å². The van der Waals surface area contributed by atoms with Crippen molar-refractivity contribution in [2.75, 3.05) is 18.1 Å². The second kappa shape index (κ2) is 9.51. The first-order chi connectivity index (χ1) is 14.3. The van der Waals surface area contributed by atoms with Crippen molar-refractivity contribution < 1.29 is 4.74 Å².